The minimum Gasteiger partial charge on any atom is -0.460 e. The Hall–Kier alpha value is -1.58. The Bertz CT molecular complexity index is 363. The average molecular weight is 309 g/mol. The molecule has 0 saturated heterocycles. The SMILES string of the molecule is C=CCCCCCC/C=C\C[C@H](OC(C)=O)[C@H](C)NC(C)=O. The Labute approximate surface area is 135 Å². The predicted molar refractivity (Wildman–Crippen MR) is 90.5 cm³/mol. The van der Waals surface area contributed by atoms with Crippen LogP contribution in [0, 0.1) is 0 Å². The van der Waals surface area contributed by atoms with Crippen molar-refractivity contribution in [1.29, 1.82) is 0 Å². The molecular weight excluding hydrogens is 278 g/mol. The van der Waals surface area contributed by atoms with Gasteiger partial charge in [0.15, 0.2) is 0 Å². The lowest BCUT2D eigenvalue weighted by Crippen LogP contribution is -2.41. The number of carbonyl (C=O) groups is 2. The van der Waals surface area contributed by atoms with Gasteiger partial charge in [-0.3, -0.25) is 9.59 Å². The van der Waals surface area contributed by atoms with E-state index in [0.29, 0.717) is 6.42 Å². The summed E-state index contributed by atoms with van der Waals surface area (Å²) in [6.07, 6.45) is 13.4. The maximum Gasteiger partial charge on any atom is 0.302 e. The van der Waals surface area contributed by atoms with Gasteiger partial charge in [0.05, 0.1) is 6.04 Å². The predicted octanol–water partition coefficient (Wildman–Crippen LogP) is 3.92. The summed E-state index contributed by atoms with van der Waals surface area (Å²) in [7, 11) is 0. The van der Waals surface area contributed by atoms with Crippen LogP contribution < -0.4 is 5.32 Å². The van der Waals surface area contributed by atoms with Crippen molar-refractivity contribution in [2.24, 2.45) is 0 Å². The fourth-order valence-corrected chi connectivity index (χ4v) is 2.23. The van der Waals surface area contributed by atoms with Gasteiger partial charge < -0.3 is 10.1 Å². The van der Waals surface area contributed by atoms with E-state index in [-0.39, 0.29) is 24.0 Å². The van der Waals surface area contributed by atoms with Gasteiger partial charge in [-0.25, -0.2) is 0 Å². The van der Waals surface area contributed by atoms with E-state index in [4.69, 9.17) is 4.74 Å². The van der Waals surface area contributed by atoms with E-state index in [9.17, 15) is 9.59 Å². The third-order valence-corrected chi connectivity index (χ3v) is 3.37. The van der Waals surface area contributed by atoms with Crippen LogP contribution in [-0.4, -0.2) is 24.0 Å². The summed E-state index contributed by atoms with van der Waals surface area (Å²) in [5.41, 5.74) is 0. The van der Waals surface area contributed by atoms with Crippen LogP contribution in [0.3, 0.4) is 0 Å². The molecule has 0 aromatic rings. The Morgan fingerprint density at radius 2 is 1.73 bits per heavy atom. The van der Waals surface area contributed by atoms with Crippen LogP contribution in [0.1, 0.15) is 65.7 Å². The maximum absolute atomic E-state index is 11.1. The lowest BCUT2D eigenvalue weighted by atomic mass is 10.1. The first kappa shape index (κ1) is 20.4. The molecule has 4 heteroatoms. The Morgan fingerprint density at radius 3 is 2.27 bits per heavy atom. The Morgan fingerprint density at radius 1 is 1.09 bits per heavy atom. The number of allylic oxidation sites excluding steroid dienone is 2. The van der Waals surface area contributed by atoms with Crippen LogP contribution in [0.15, 0.2) is 24.8 Å². The molecule has 0 aromatic carbocycles. The van der Waals surface area contributed by atoms with Gasteiger partial charge in [0.25, 0.3) is 0 Å². The first-order chi connectivity index (χ1) is 10.5. The molecule has 2 atom stereocenters. The van der Waals surface area contributed by atoms with Gasteiger partial charge in [0.1, 0.15) is 6.10 Å². The zero-order chi connectivity index (χ0) is 16.8. The first-order valence-electron chi connectivity index (χ1n) is 8.17. The summed E-state index contributed by atoms with van der Waals surface area (Å²) in [6.45, 7) is 8.42. The molecule has 0 saturated carbocycles. The van der Waals surface area contributed by atoms with E-state index in [1.807, 2.05) is 19.1 Å². The van der Waals surface area contributed by atoms with Crippen molar-refractivity contribution >= 4 is 11.9 Å². The van der Waals surface area contributed by atoms with Crippen molar-refractivity contribution in [3.8, 4) is 0 Å². The summed E-state index contributed by atoms with van der Waals surface area (Å²) in [6, 6.07) is -0.190. The number of ether oxygens (including phenoxy) is 1. The molecule has 4 nitrogen and oxygen atoms in total. The molecule has 0 radical (unpaired) electrons. The minimum absolute atomic E-state index is 0.117. The highest BCUT2D eigenvalue weighted by molar-refractivity contribution is 5.73. The molecule has 126 valence electrons. The highest BCUT2D eigenvalue weighted by Crippen LogP contribution is 2.09. The van der Waals surface area contributed by atoms with Gasteiger partial charge in [-0.2, -0.15) is 0 Å². The molecule has 0 bridgehead atoms. The molecule has 0 heterocycles. The summed E-state index contributed by atoms with van der Waals surface area (Å²) < 4.78 is 5.27. The van der Waals surface area contributed by atoms with Crippen molar-refractivity contribution in [2.75, 3.05) is 0 Å². The minimum atomic E-state index is -0.321. The third kappa shape index (κ3) is 12.2. The number of amides is 1. The molecule has 0 fully saturated rings. The number of hydrogen-bond acceptors (Lipinski definition) is 3. The smallest absolute Gasteiger partial charge is 0.302 e. The molecule has 0 aliphatic carbocycles. The van der Waals surface area contributed by atoms with E-state index in [1.165, 1.54) is 39.5 Å². The quantitative estimate of drug-likeness (QED) is 0.338. The van der Waals surface area contributed by atoms with Crippen molar-refractivity contribution in [2.45, 2.75) is 77.9 Å². The van der Waals surface area contributed by atoms with E-state index in [2.05, 4.69) is 18.0 Å². The lowest BCUT2D eigenvalue weighted by Gasteiger charge is -2.23. The number of unbranched alkanes of at least 4 members (excludes halogenated alkanes) is 5. The summed E-state index contributed by atoms with van der Waals surface area (Å²) in [4.78, 5) is 22.2. The van der Waals surface area contributed by atoms with Crippen molar-refractivity contribution in [1.82, 2.24) is 5.32 Å². The largest absolute Gasteiger partial charge is 0.460 e. The number of nitrogens with one attached hydrogen (secondary N) is 1. The molecule has 0 unspecified atom stereocenters. The van der Waals surface area contributed by atoms with E-state index < -0.39 is 0 Å². The third-order valence-electron chi connectivity index (χ3n) is 3.37. The Kier molecular flexibility index (Phi) is 12.2. The van der Waals surface area contributed by atoms with Crippen molar-refractivity contribution in [3.05, 3.63) is 24.8 Å². The van der Waals surface area contributed by atoms with Crippen LogP contribution in [0.25, 0.3) is 0 Å². The number of esters is 1. The highest BCUT2D eigenvalue weighted by atomic mass is 16.5. The van der Waals surface area contributed by atoms with Gasteiger partial charge in [-0.15, -0.1) is 6.58 Å². The lowest BCUT2D eigenvalue weighted by molar-refractivity contribution is -0.148. The van der Waals surface area contributed by atoms with Crippen LogP contribution in [0.4, 0.5) is 0 Å². The number of hydrogen-bond donors (Lipinski definition) is 1. The van der Waals surface area contributed by atoms with Gasteiger partial charge >= 0.3 is 5.97 Å². The van der Waals surface area contributed by atoms with E-state index in [1.54, 1.807) is 0 Å². The molecule has 0 spiro atoms. The molecule has 22 heavy (non-hydrogen) atoms. The maximum atomic E-state index is 11.1. The van der Waals surface area contributed by atoms with Crippen molar-refractivity contribution < 1.29 is 14.3 Å². The average Bonchev–Trinajstić information content (AvgIpc) is 2.43. The molecular formula is C18H31NO3. The molecule has 1 amide bonds. The first-order valence-corrected chi connectivity index (χ1v) is 8.17. The normalized spacial score (nSPS) is 13.6. The molecule has 0 aliphatic rings. The van der Waals surface area contributed by atoms with Crippen molar-refractivity contribution in [3.63, 3.8) is 0 Å². The van der Waals surface area contributed by atoms with E-state index in [0.717, 1.165) is 12.8 Å². The zero-order valence-electron chi connectivity index (χ0n) is 14.3. The topological polar surface area (TPSA) is 55.4 Å². The summed E-state index contributed by atoms with van der Waals surface area (Å²) in [5, 5.41) is 2.77. The Balaban J connectivity index is 4.00. The molecule has 0 aromatic heterocycles. The van der Waals surface area contributed by atoms with Crippen LogP contribution in [0.5, 0.6) is 0 Å². The highest BCUT2D eigenvalue weighted by Gasteiger charge is 2.19. The summed E-state index contributed by atoms with van der Waals surface area (Å²) in [5.74, 6) is -0.439. The second-order valence-electron chi connectivity index (χ2n) is 5.62. The monoisotopic (exact) mass is 309 g/mol. The van der Waals surface area contributed by atoms with Gasteiger partial charge in [0, 0.05) is 20.3 Å². The van der Waals surface area contributed by atoms with Crippen LogP contribution >= 0.6 is 0 Å². The van der Waals surface area contributed by atoms with Gasteiger partial charge in [-0.05, 0) is 32.6 Å². The summed E-state index contributed by atoms with van der Waals surface area (Å²) >= 11 is 0. The fraction of sp³-hybridized carbons (Fsp3) is 0.667. The zero-order valence-corrected chi connectivity index (χ0v) is 14.3. The molecule has 0 rings (SSSR count). The molecule has 0 aliphatic heterocycles. The number of carbonyl (C=O) groups excluding carboxylic acids is 2. The van der Waals surface area contributed by atoms with Crippen LogP contribution in [-0.2, 0) is 14.3 Å². The van der Waals surface area contributed by atoms with Gasteiger partial charge in [-0.1, -0.05) is 31.1 Å². The van der Waals surface area contributed by atoms with Gasteiger partial charge in [0.2, 0.25) is 5.91 Å². The molecule has 1 N–H and O–H groups in total. The standard InChI is InChI=1S/C18H31NO3/c1-5-6-7-8-9-10-11-12-13-14-18(22-17(4)21)15(2)19-16(3)20/h5,12-13,15,18H,1,6-11,14H2,2-4H3,(H,19,20)/b13-12-/t15-,18-/m0/s1. The fourth-order valence-electron chi connectivity index (χ4n) is 2.23. The van der Waals surface area contributed by atoms with E-state index >= 15 is 0 Å². The van der Waals surface area contributed by atoms with Crippen LogP contribution in [0.2, 0.25) is 0 Å². The number of rotatable bonds is 12. The second kappa shape index (κ2) is 13.1. The second-order valence-corrected chi connectivity index (χ2v) is 5.62.